The number of carbonyl (C=O) groups is 1. The lowest BCUT2D eigenvalue weighted by Gasteiger charge is -2.17. The summed E-state index contributed by atoms with van der Waals surface area (Å²) in [6.45, 7) is 2.74. The molecule has 7 heteroatoms. The third kappa shape index (κ3) is 4.78. The number of tetrazole rings is 1. The number of nitrogens with one attached hydrogen (secondary N) is 1. The van der Waals surface area contributed by atoms with Crippen LogP contribution in [0.5, 0.6) is 5.75 Å². The van der Waals surface area contributed by atoms with E-state index in [0.29, 0.717) is 12.4 Å². The standard InChI is InChI=1S/C24H23N5O2/c1-2-31-21-15-13-20(14-16-21)29-22(26-27-28-29)17-25-24(30)23(18-9-5-3-6-10-18)19-11-7-4-8-12-19/h3-16,23H,2,17H2,1H3,(H,25,30). The number of hydrogen-bond acceptors (Lipinski definition) is 5. The number of hydrogen-bond donors (Lipinski definition) is 1. The van der Waals surface area contributed by atoms with Crippen LogP contribution >= 0.6 is 0 Å². The predicted octanol–water partition coefficient (Wildman–Crippen LogP) is 3.51. The first-order chi connectivity index (χ1) is 15.3. The van der Waals surface area contributed by atoms with E-state index < -0.39 is 5.92 Å². The van der Waals surface area contributed by atoms with Crippen molar-refractivity contribution in [2.45, 2.75) is 19.4 Å². The van der Waals surface area contributed by atoms with E-state index in [1.165, 1.54) is 0 Å². The molecular formula is C24H23N5O2. The Morgan fingerprint density at radius 2 is 1.55 bits per heavy atom. The zero-order valence-electron chi connectivity index (χ0n) is 17.2. The molecule has 1 aromatic heterocycles. The number of rotatable bonds is 8. The Labute approximate surface area is 180 Å². The fourth-order valence-electron chi connectivity index (χ4n) is 3.42. The highest BCUT2D eigenvalue weighted by Crippen LogP contribution is 2.25. The first-order valence-corrected chi connectivity index (χ1v) is 10.1. The van der Waals surface area contributed by atoms with Gasteiger partial charge in [-0.15, -0.1) is 5.10 Å². The van der Waals surface area contributed by atoms with Crippen LogP contribution in [-0.4, -0.2) is 32.7 Å². The lowest BCUT2D eigenvalue weighted by Crippen LogP contribution is -2.30. The summed E-state index contributed by atoms with van der Waals surface area (Å²) in [5.41, 5.74) is 2.65. The molecule has 0 radical (unpaired) electrons. The highest BCUT2D eigenvalue weighted by molar-refractivity contribution is 5.87. The summed E-state index contributed by atoms with van der Waals surface area (Å²) in [4.78, 5) is 13.2. The molecule has 1 N–H and O–H groups in total. The van der Waals surface area contributed by atoms with E-state index in [1.54, 1.807) is 4.68 Å². The number of benzene rings is 3. The van der Waals surface area contributed by atoms with Crippen LogP contribution in [-0.2, 0) is 11.3 Å². The number of ether oxygens (including phenoxy) is 1. The molecule has 0 aliphatic rings. The van der Waals surface area contributed by atoms with Crippen molar-refractivity contribution in [3.05, 3.63) is 102 Å². The maximum atomic E-state index is 13.2. The SMILES string of the molecule is CCOc1ccc(-n2nnnc2CNC(=O)C(c2ccccc2)c2ccccc2)cc1. The molecule has 156 valence electrons. The van der Waals surface area contributed by atoms with E-state index in [0.717, 1.165) is 22.6 Å². The first kappa shape index (κ1) is 20.3. The van der Waals surface area contributed by atoms with Gasteiger partial charge in [0.1, 0.15) is 5.75 Å². The smallest absolute Gasteiger partial charge is 0.232 e. The fourth-order valence-corrected chi connectivity index (χ4v) is 3.42. The first-order valence-electron chi connectivity index (χ1n) is 10.1. The minimum atomic E-state index is -0.419. The van der Waals surface area contributed by atoms with E-state index in [-0.39, 0.29) is 12.5 Å². The summed E-state index contributed by atoms with van der Waals surface area (Å²) < 4.78 is 7.09. The Morgan fingerprint density at radius 1 is 0.935 bits per heavy atom. The van der Waals surface area contributed by atoms with E-state index in [4.69, 9.17) is 4.74 Å². The average Bonchev–Trinajstić information content (AvgIpc) is 3.29. The van der Waals surface area contributed by atoms with Crippen LogP contribution < -0.4 is 10.1 Å². The average molecular weight is 413 g/mol. The predicted molar refractivity (Wildman–Crippen MR) is 117 cm³/mol. The van der Waals surface area contributed by atoms with Crippen molar-refractivity contribution in [1.29, 1.82) is 0 Å². The van der Waals surface area contributed by atoms with Crippen molar-refractivity contribution in [3.8, 4) is 11.4 Å². The van der Waals surface area contributed by atoms with Crippen molar-refractivity contribution < 1.29 is 9.53 Å². The van der Waals surface area contributed by atoms with Gasteiger partial charge in [0, 0.05) is 0 Å². The molecular weight excluding hydrogens is 390 g/mol. The molecule has 0 fully saturated rings. The van der Waals surface area contributed by atoms with Gasteiger partial charge in [-0.05, 0) is 52.7 Å². The summed E-state index contributed by atoms with van der Waals surface area (Å²) in [5.74, 6) is 0.788. The molecule has 0 saturated heterocycles. The van der Waals surface area contributed by atoms with Crippen LogP contribution in [0.2, 0.25) is 0 Å². The van der Waals surface area contributed by atoms with Crippen molar-refractivity contribution in [1.82, 2.24) is 25.5 Å². The Balaban J connectivity index is 1.52. The van der Waals surface area contributed by atoms with Gasteiger partial charge in [0.15, 0.2) is 5.82 Å². The molecule has 1 heterocycles. The van der Waals surface area contributed by atoms with Gasteiger partial charge in [-0.2, -0.15) is 4.68 Å². The normalized spacial score (nSPS) is 10.8. The largest absolute Gasteiger partial charge is 0.494 e. The second-order valence-corrected chi connectivity index (χ2v) is 6.91. The van der Waals surface area contributed by atoms with Gasteiger partial charge in [0.2, 0.25) is 5.91 Å². The van der Waals surface area contributed by atoms with Gasteiger partial charge in [-0.1, -0.05) is 60.7 Å². The van der Waals surface area contributed by atoms with Gasteiger partial charge in [-0.25, -0.2) is 0 Å². The summed E-state index contributed by atoms with van der Waals surface area (Å²) in [6.07, 6.45) is 0. The van der Waals surface area contributed by atoms with E-state index in [2.05, 4.69) is 20.8 Å². The Hall–Kier alpha value is -4.00. The summed E-state index contributed by atoms with van der Waals surface area (Å²) in [7, 11) is 0. The monoisotopic (exact) mass is 413 g/mol. The van der Waals surface area contributed by atoms with Gasteiger partial charge in [0.05, 0.1) is 24.8 Å². The van der Waals surface area contributed by atoms with Crippen LogP contribution in [0.15, 0.2) is 84.9 Å². The summed E-state index contributed by atoms with van der Waals surface area (Å²) >= 11 is 0. The maximum Gasteiger partial charge on any atom is 0.232 e. The topological polar surface area (TPSA) is 81.9 Å². The van der Waals surface area contributed by atoms with Crippen molar-refractivity contribution >= 4 is 5.91 Å². The number of aromatic nitrogens is 4. The second-order valence-electron chi connectivity index (χ2n) is 6.91. The van der Waals surface area contributed by atoms with Crippen LogP contribution in [0.3, 0.4) is 0 Å². The molecule has 0 atom stereocenters. The van der Waals surface area contributed by atoms with Crippen LogP contribution in [0.1, 0.15) is 29.8 Å². The fraction of sp³-hybridized carbons (Fsp3) is 0.167. The molecule has 0 saturated carbocycles. The number of nitrogens with zero attached hydrogens (tertiary/aromatic N) is 4. The van der Waals surface area contributed by atoms with Crippen LogP contribution in [0.4, 0.5) is 0 Å². The zero-order valence-corrected chi connectivity index (χ0v) is 17.2. The Bertz CT molecular complexity index is 1070. The molecule has 4 rings (SSSR count). The highest BCUT2D eigenvalue weighted by atomic mass is 16.5. The third-order valence-corrected chi connectivity index (χ3v) is 4.88. The molecule has 0 unspecified atom stereocenters. The summed E-state index contributed by atoms with van der Waals surface area (Å²) in [5, 5.41) is 14.9. The maximum absolute atomic E-state index is 13.2. The quantitative estimate of drug-likeness (QED) is 0.478. The lowest BCUT2D eigenvalue weighted by molar-refractivity contribution is -0.121. The minimum Gasteiger partial charge on any atom is -0.494 e. The van der Waals surface area contributed by atoms with Crippen LogP contribution in [0.25, 0.3) is 5.69 Å². The minimum absolute atomic E-state index is 0.112. The Kier molecular flexibility index (Phi) is 6.32. The van der Waals surface area contributed by atoms with Gasteiger partial charge in [0.25, 0.3) is 0 Å². The lowest BCUT2D eigenvalue weighted by atomic mass is 9.90. The molecule has 0 spiro atoms. The zero-order chi connectivity index (χ0) is 21.5. The molecule has 0 bridgehead atoms. The van der Waals surface area contributed by atoms with Gasteiger partial charge >= 0.3 is 0 Å². The number of amides is 1. The molecule has 0 aliphatic heterocycles. The van der Waals surface area contributed by atoms with Crippen molar-refractivity contribution in [2.24, 2.45) is 0 Å². The molecule has 3 aromatic carbocycles. The second kappa shape index (κ2) is 9.67. The van der Waals surface area contributed by atoms with Gasteiger partial charge in [-0.3, -0.25) is 4.79 Å². The molecule has 0 aliphatic carbocycles. The van der Waals surface area contributed by atoms with Crippen LogP contribution in [0, 0.1) is 0 Å². The van der Waals surface area contributed by atoms with E-state index in [9.17, 15) is 4.79 Å². The third-order valence-electron chi connectivity index (χ3n) is 4.88. The van der Waals surface area contributed by atoms with Gasteiger partial charge < -0.3 is 10.1 Å². The van der Waals surface area contributed by atoms with Crippen molar-refractivity contribution in [2.75, 3.05) is 6.61 Å². The van der Waals surface area contributed by atoms with E-state index in [1.807, 2.05) is 91.9 Å². The Morgan fingerprint density at radius 3 is 2.13 bits per heavy atom. The summed E-state index contributed by atoms with van der Waals surface area (Å²) in [6, 6.07) is 26.9. The molecule has 1 amide bonds. The highest BCUT2D eigenvalue weighted by Gasteiger charge is 2.23. The molecule has 31 heavy (non-hydrogen) atoms. The van der Waals surface area contributed by atoms with E-state index >= 15 is 0 Å². The van der Waals surface area contributed by atoms with Crippen molar-refractivity contribution in [3.63, 3.8) is 0 Å². The number of carbonyl (C=O) groups excluding carboxylic acids is 1. The molecule has 4 aromatic rings. The molecule has 7 nitrogen and oxygen atoms in total.